The zero-order valence-corrected chi connectivity index (χ0v) is 15.3. The fourth-order valence-electron chi connectivity index (χ4n) is 2.21. The third-order valence-corrected chi connectivity index (χ3v) is 5.37. The smallest absolute Gasteiger partial charge is 0.358 e. The maximum Gasteiger partial charge on any atom is 0.358 e. The number of methoxy groups -OCH3 is 1. The number of hydrogen-bond acceptors (Lipinski definition) is 7. The number of Topliss-reactive ketones (excluding diaryl/α,β-unsaturated/α-hetero) is 1. The molecule has 0 saturated heterocycles. The largest absolute Gasteiger partial charge is 0.496 e. The van der Waals surface area contributed by atoms with Gasteiger partial charge in [-0.05, 0) is 36.6 Å². The number of carbonyl (C=O) groups is 2. The Hall–Kier alpha value is -2.51. The van der Waals surface area contributed by atoms with Crippen LogP contribution in [0.4, 0.5) is 0 Å². The molecule has 7 heteroatoms. The molecule has 2 heterocycles. The van der Waals surface area contributed by atoms with Crippen LogP contribution < -0.4 is 4.74 Å². The van der Waals surface area contributed by atoms with Gasteiger partial charge in [0.25, 0.3) is 0 Å². The normalized spacial score (nSPS) is 10.5. The Bertz CT molecular complexity index is 900. The molecule has 0 aliphatic carbocycles. The molecular formula is C18H15NO4S2. The highest BCUT2D eigenvalue weighted by Crippen LogP contribution is 2.28. The summed E-state index contributed by atoms with van der Waals surface area (Å²) in [5.74, 6) is 0.00000937. The summed E-state index contributed by atoms with van der Waals surface area (Å²) in [5, 5.41) is 4.43. The summed E-state index contributed by atoms with van der Waals surface area (Å²) in [6, 6.07) is 8.94. The van der Waals surface area contributed by atoms with Gasteiger partial charge in [0, 0.05) is 16.5 Å². The van der Waals surface area contributed by atoms with Gasteiger partial charge in [-0.25, -0.2) is 9.78 Å². The Morgan fingerprint density at radius 3 is 2.72 bits per heavy atom. The second kappa shape index (κ2) is 7.58. The fraction of sp³-hybridized carbons (Fsp3) is 0.167. The van der Waals surface area contributed by atoms with E-state index in [1.54, 1.807) is 34.9 Å². The molecule has 0 N–H and O–H groups in total. The molecule has 0 atom stereocenters. The van der Waals surface area contributed by atoms with E-state index in [0.717, 1.165) is 9.88 Å². The topological polar surface area (TPSA) is 65.5 Å². The van der Waals surface area contributed by atoms with Crippen LogP contribution in [-0.4, -0.2) is 23.8 Å². The number of rotatable bonds is 6. The first-order chi connectivity index (χ1) is 12.1. The van der Waals surface area contributed by atoms with Gasteiger partial charge < -0.3 is 9.47 Å². The van der Waals surface area contributed by atoms with Crippen molar-refractivity contribution < 1.29 is 19.1 Å². The monoisotopic (exact) mass is 373 g/mol. The third kappa shape index (κ3) is 3.94. The van der Waals surface area contributed by atoms with Gasteiger partial charge in [0.05, 0.1) is 12.0 Å². The van der Waals surface area contributed by atoms with Gasteiger partial charge in [0.1, 0.15) is 17.4 Å². The van der Waals surface area contributed by atoms with Crippen LogP contribution in [0.5, 0.6) is 5.75 Å². The minimum absolute atomic E-state index is 0.00892. The molecule has 3 aromatic rings. The number of thiazole rings is 1. The van der Waals surface area contributed by atoms with Gasteiger partial charge in [-0.1, -0.05) is 6.07 Å². The van der Waals surface area contributed by atoms with Gasteiger partial charge >= 0.3 is 5.97 Å². The third-order valence-electron chi connectivity index (χ3n) is 3.49. The number of carbonyl (C=O) groups excluding carboxylic acids is 2. The van der Waals surface area contributed by atoms with Crippen molar-refractivity contribution >= 4 is 34.4 Å². The Balaban J connectivity index is 1.72. The number of thiophene rings is 1. The number of benzene rings is 1. The standard InChI is InChI=1S/C18H15NO4S2/c1-11(20)12-5-6-15(22-2)13(8-12)9-23-18(21)14-10-25-17(19-14)16-4-3-7-24-16/h3-8,10H,9H2,1-2H3. The molecule has 0 saturated carbocycles. The Morgan fingerprint density at radius 1 is 1.20 bits per heavy atom. The van der Waals surface area contributed by atoms with Crippen LogP contribution in [0.3, 0.4) is 0 Å². The minimum atomic E-state index is -0.505. The van der Waals surface area contributed by atoms with Crippen LogP contribution in [0.1, 0.15) is 33.3 Å². The second-order valence-electron chi connectivity index (χ2n) is 5.17. The summed E-state index contributed by atoms with van der Waals surface area (Å²) >= 11 is 2.97. The number of esters is 1. The summed E-state index contributed by atoms with van der Waals surface area (Å²) < 4.78 is 10.6. The highest BCUT2D eigenvalue weighted by Gasteiger charge is 2.15. The van der Waals surface area contributed by atoms with Crippen LogP contribution in [0, 0.1) is 0 Å². The summed E-state index contributed by atoms with van der Waals surface area (Å²) in [5.41, 5.74) is 1.45. The molecule has 2 aromatic heterocycles. The van der Waals surface area contributed by atoms with Gasteiger partial charge in [-0.3, -0.25) is 4.79 Å². The van der Waals surface area contributed by atoms with E-state index in [0.29, 0.717) is 16.9 Å². The second-order valence-corrected chi connectivity index (χ2v) is 6.98. The van der Waals surface area contributed by atoms with Crippen LogP contribution in [0.15, 0.2) is 41.1 Å². The quantitative estimate of drug-likeness (QED) is 0.472. The molecule has 0 bridgehead atoms. The predicted molar refractivity (Wildman–Crippen MR) is 97.5 cm³/mol. The van der Waals surface area contributed by atoms with E-state index in [2.05, 4.69) is 4.98 Å². The summed E-state index contributed by atoms with van der Waals surface area (Å²) in [6.07, 6.45) is 0. The van der Waals surface area contributed by atoms with Crippen molar-refractivity contribution in [2.75, 3.05) is 7.11 Å². The van der Waals surface area contributed by atoms with Crippen LogP contribution in [-0.2, 0) is 11.3 Å². The molecule has 128 valence electrons. The first-order valence-corrected chi connectivity index (χ1v) is 9.19. The summed E-state index contributed by atoms with van der Waals surface area (Å²) in [6.45, 7) is 1.49. The van der Waals surface area contributed by atoms with Crippen LogP contribution in [0.25, 0.3) is 9.88 Å². The highest BCUT2D eigenvalue weighted by atomic mass is 32.1. The van der Waals surface area contributed by atoms with Gasteiger partial charge in [-0.2, -0.15) is 0 Å². The SMILES string of the molecule is COc1ccc(C(C)=O)cc1COC(=O)c1csc(-c2cccs2)n1. The van der Waals surface area contributed by atoms with Crippen molar-refractivity contribution in [1.82, 2.24) is 4.98 Å². The highest BCUT2D eigenvalue weighted by molar-refractivity contribution is 7.20. The molecule has 0 fully saturated rings. The van der Waals surface area contributed by atoms with E-state index in [1.807, 2.05) is 17.5 Å². The van der Waals surface area contributed by atoms with Crippen molar-refractivity contribution in [3.05, 3.63) is 57.9 Å². The van der Waals surface area contributed by atoms with Crippen molar-refractivity contribution in [1.29, 1.82) is 0 Å². The molecule has 0 aliphatic rings. The number of hydrogen-bond donors (Lipinski definition) is 0. The van der Waals surface area contributed by atoms with Crippen molar-refractivity contribution in [2.24, 2.45) is 0 Å². The van der Waals surface area contributed by atoms with Crippen molar-refractivity contribution in [3.8, 4) is 15.6 Å². The van der Waals surface area contributed by atoms with Gasteiger partial charge in [0.15, 0.2) is 11.5 Å². The van der Waals surface area contributed by atoms with Crippen molar-refractivity contribution in [3.63, 3.8) is 0 Å². The zero-order chi connectivity index (χ0) is 17.8. The molecule has 0 amide bonds. The lowest BCUT2D eigenvalue weighted by molar-refractivity contribution is 0.0464. The Morgan fingerprint density at radius 2 is 2.04 bits per heavy atom. The van der Waals surface area contributed by atoms with E-state index in [4.69, 9.17) is 9.47 Å². The fourth-order valence-corrected chi connectivity index (χ4v) is 3.81. The Labute approximate surface area is 152 Å². The average molecular weight is 373 g/mol. The van der Waals surface area contributed by atoms with Crippen LogP contribution in [0.2, 0.25) is 0 Å². The molecule has 0 radical (unpaired) electrons. The van der Waals surface area contributed by atoms with E-state index < -0.39 is 5.97 Å². The molecule has 1 aromatic carbocycles. The number of ether oxygens (including phenoxy) is 2. The van der Waals surface area contributed by atoms with Crippen LogP contribution >= 0.6 is 22.7 Å². The Kier molecular flexibility index (Phi) is 5.25. The van der Waals surface area contributed by atoms with E-state index in [1.165, 1.54) is 25.4 Å². The molecule has 0 unspecified atom stereocenters. The summed E-state index contributed by atoms with van der Waals surface area (Å²) in [7, 11) is 1.53. The number of ketones is 1. The molecule has 3 rings (SSSR count). The van der Waals surface area contributed by atoms with E-state index in [-0.39, 0.29) is 18.1 Å². The summed E-state index contributed by atoms with van der Waals surface area (Å²) in [4.78, 5) is 29.1. The molecule has 5 nitrogen and oxygen atoms in total. The first kappa shape index (κ1) is 17.3. The zero-order valence-electron chi connectivity index (χ0n) is 13.6. The molecule has 25 heavy (non-hydrogen) atoms. The first-order valence-electron chi connectivity index (χ1n) is 7.43. The maximum atomic E-state index is 12.2. The van der Waals surface area contributed by atoms with E-state index in [9.17, 15) is 9.59 Å². The predicted octanol–water partition coefficient (Wildman–Crippen LogP) is 4.44. The van der Waals surface area contributed by atoms with Gasteiger partial charge in [0.2, 0.25) is 0 Å². The molecule has 0 spiro atoms. The molecule has 0 aliphatic heterocycles. The number of nitrogens with zero attached hydrogens (tertiary/aromatic N) is 1. The van der Waals surface area contributed by atoms with Gasteiger partial charge in [-0.15, -0.1) is 22.7 Å². The number of aromatic nitrogens is 1. The lowest BCUT2D eigenvalue weighted by Gasteiger charge is -2.10. The lowest BCUT2D eigenvalue weighted by Crippen LogP contribution is -2.07. The van der Waals surface area contributed by atoms with E-state index >= 15 is 0 Å². The van der Waals surface area contributed by atoms with Crippen molar-refractivity contribution in [2.45, 2.75) is 13.5 Å². The average Bonchev–Trinajstić information content (AvgIpc) is 3.30. The maximum absolute atomic E-state index is 12.2. The minimum Gasteiger partial charge on any atom is -0.496 e. The lowest BCUT2D eigenvalue weighted by atomic mass is 10.1. The molecular weight excluding hydrogens is 358 g/mol.